The minimum Gasteiger partial charge on any atom is -0.501 e. The van der Waals surface area contributed by atoms with E-state index in [2.05, 4.69) is 0 Å². The molecule has 0 heterocycles. The maximum Gasteiger partial charge on any atom is 0.312 e. The highest BCUT2D eigenvalue weighted by atomic mass is 16.6. The first-order valence-corrected chi connectivity index (χ1v) is 4.69. The number of phenolic OH excluding ortho intramolecular Hbond substituents is 1. The molecule has 0 aliphatic heterocycles. The summed E-state index contributed by atoms with van der Waals surface area (Å²) < 4.78 is 0. The average Bonchev–Trinajstić information content (AvgIpc) is 2.15. The first-order valence-electron chi connectivity index (χ1n) is 4.69. The number of aromatic hydroxyl groups is 1. The lowest BCUT2D eigenvalue weighted by molar-refractivity contribution is -0.386. The number of benzene rings is 1. The molecule has 1 aromatic rings. The number of nitro benzene ring substituents is 1. The van der Waals surface area contributed by atoms with E-state index in [0.717, 1.165) is 0 Å². The van der Waals surface area contributed by atoms with Crippen LogP contribution in [0.1, 0.15) is 31.9 Å². The smallest absolute Gasteiger partial charge is 0.312 e. The Morgan fingerprint density at radius 2 is 2.00 bits per heavy atom. The summed E-state index contributed by atoms with van der Waals surface area (Å²) in [6, 6.07) is 4.52. The summed E-state index contributed by atoms with van der Waals surface area (Å²) in [5, 5.41) is 29.0. The molecule has 0 saturated carbocycles. The van der Waals surface area contributed by atoms with E-state index in [-0.39, 0.29) is 11.0 Å². The summed E-state index contributed by atoms with van der Waals surface area (Å²) in [4.78, 5) is 10.0. The normalized spacial score (nSPS) is 10.9. The van der Waals surface area contributed by atoms with Crippen molar-refractivity contribution in [2.45, 2.75) is 26.2 Å². The van der Waals surface area contributed by atoms with Gasteiger partial charge < -0.3 is 5.11 Å². The quantitative estimate of drug-likeness (QED) is 0.581. The van der Waals surface area contributed by atoms with E-state index in [9.17, 15) is 15.2 Å². The molecule has 0 saturated heterocycles. The zero-order chi connectivity index (χ0) is 12.5. The van der Waals surface area contributed by atoms with E-state index in [1.54, 1.807) is 6.07 Å². The number of hydrogen-bond acceptors (Lipinski definition) is 4. The van der Waals surface area contributed by atoms with Crippen LogP contribution in [-0.4, -0.2) is 10.0 Å². The lowest BCUT2D eigenvalue weighted by Crippen LogP contribution is -2.12. The van der Waals surface area contributed by atoms with Gasteiger partial charge in [-0.2, -0.15) is 5.26 Å². The third kappa shape index (κ3) is 2.11. The van der Waals surface area contributed by atoms with Gasteiger partial charge in [-0.1, -0.05) is 20.8 Å². The summed E-state index contributed by atoms with van der Waals surface area (Å²) in [6.45, 7) is 5.64. The van der Waals surface area contributed by atoms with Gasteiger partial charge in [0.25, 0.3) is 0 Å². The van der Waals surface area contributed by atoms with Crippen LogP contribution in [0.3, 0.4) is 0 Å². The third-order valence-corrected chi connectivity index (χ3v) is 2.27. The second-order valence-electron chi connectivity index (χ2n) is 4.51. The molecule has 5 heteroatoms. The van der Waals surface area contributed by atoms with Crippen molar-refractivity contribution in [3.63, 3.8) is 0 Å². The molecule has 5 nitrogen and oxygen atoms in total. The van der Waals surface area contributed by atoms with Crippen LogP contribution in [0.25, 0.3) is 0 Å². The molecule has 0 spiro atoms. The summed E-state index contributed by atoms with van der Waals surface area (Å²) in [6.07, 6.45) is 0. The molecule has 0 bridgehead atoms. The van der Waals surface area contributed by atoms with Crippen molar-refractivity contribution in [1.29, 1.82) is 5.26 Å². The number of rotatable bonds is 1. The summed E-state index contributed by atoms with van der Waals surface area (Å²) in [7, 11) is 0. The molecule has 0 aromatic heterocycles. The summed E-state index contributed by atoms with van der Waals surface area (Å²) in [5.74, 6) is -0.569. The lowest BCUT2D eigenvalue weighted by atomic mass is 9.85. The van der Waals surface area contributed by atoms with Crippen molar-refractivity contribution < 1.29 is 10.0 Å². The zero-order valence-electron chi connectivity index (χ0n) is 9.31. The Balaban J connectivity index is 3.54. The fourth-order valence-corrected chi connectivity index (χ4v) is 1.28. The van der Waals surface area contributed by atoms with Gasteiger partial charge in [0, 0.05) is 6.07 Å². The van der Waals surface area contributed by atoms with Crippen LogP contribution in [0.4, 0.5) is 5.69 Å². The van der Waals surface area contributed by atoms with Crippen LogP contribution in [0.15, 0.2) is 12.1 Å². The van der Waals surface area contributed by atoms with E-state index >= 15 is 0 Å². The number of nitro groups is 1. The van der Waals surface area contributed by atoms with Crippen molar-refractivity contribution >= 4 is 5.69 Å². The fraction of sp³-hybridized carbons (Fsp3) is 0.364. The van der Waals surface area contributed by atoms with Crippen LogP contribution in [-0.2, 0) is 5.41 Å². The van der Waals surface area contributed by atoms with Crippen LogP contribution < -0.4 is 0 Å². The molecule has 0 radical (unpaired) electrons. The molecule has 84 valence electrons. The fourth-order valence-electron chi connectivity index (χ4n) is 1.28. The van der Waals surface area contributed by atoms with Gasteiger partial charge in [0.1, 0.15) is 11.6 Å². The Morgan fingerprint density at radius 3 is 2.38 bits per heavy atom. The molecule has 0 amide bonds. The molecule has 0 aliphatic carbocycles. The van der Waals surface area contributed by atoms with Crippen molar-refractivity contribution in [3.8, 4) is 11.8 Å². The molecule has 0 unspecified atom stereocenters. The highest BCUT2D eigenvalue weighted by Gasteiger charge is 2.24. The molecule has 1 rings (SSSR count). The number of nitrogens with zero attached hydrogens (tertiary/aromatic N) is 2. The largest absolute Gasteiger partial charge is 0.501 e. The van der Waals surface area contributed by atoms with Crippen LogP contribution >= 0.6 is 0 Å². The minimum absolute atomic E-state index is 0.0703. The molecular weight excluding hydrogens is 208 g/mol. The highest BCUT2D eigenvalue weighted by Crippen LogP contribution is 2.35. The van der Waals surface area contributed by atoms with Crippen molar-refractivity contribution in [1.82, 2.24) is 0 Å². The van der Waals surface area contributed by atoms with E-state index in [4.69, 9.17) is 5.26 Å². The average molecular weight is 220 g/mol. The summed E-state index contributed by atoms with van der Waals surface area (Å²) in [5.41, 5.74) is -0.166. The van der Waals surface area contributed by atoms with Gasteiger partial charge in [0.2, 0.25) is 5.75 Å². The Kier molecular flexibility index (Phi) is 2.86. The number of phenols is 1. The van der Waals surface area contributed by atoms with Gasteiger partial charge >= 0.3 is 5.69 Å². The number of nitriles is 1. The Hall–Kier alpha value is -2.09. The summed E-state index contributed by atoms with van der Waals surface area (Å²) >= 11 is 0. The SMILES string of the molecule is CC(C)(C)c1cc(C#N)c(O)c([N+](=O)[O-])c1. The first-order chi connectivity index (χ1) is 7.27. The standard InChI is InChI=1S/C11H12N2O3/c1-11(2,3)8-4-7(6-12)10(14)9(5-8)13(15)16/h4-5,14H,1-3H3. The maximum atomic E-state index is 10.7. The number of hydrogen-bond donors (Lipinski definition) is 1. The Bertz CT molecular complexity index is 481. The van der Waals surface area contributed by atoms with E-state index in [1.165, 1.54) is 12.1 Å². The minimum atomic E-state index is -0.689. The first kappa shape index (κ1) is 12.0. The predicted octanol–water partition coefficient (Wildman–Crippen LogP) is 2.47. The Morgan fingerprint density at radius 1 is 1.44 bits per heavy atom. The van der Waals surface area contributed by atoms with Crippen LogP contribution in [0.5, 0.6) is 5.75 Å². The molecule has 1 N–H and O–H groups in total. The highest BCUT2D eigenvalue weighted by molar-refractivity contribution is 5.58. The molecule has 16 heavy (non-hydrogen) atoms. The predicted molar refractivity (Wildman–Crippen MR) is 58.2 cm³/mol. The Labute approximate surface area is 93.1 Å². The zero-order valence-corrected chi connectivity index (χ0v) is 9.31. The van der Waals surface area contributed by atoms with Crippen molar-refractivity contribution in [3.05, 3.63) is 33.4 Å². The van der Waals surface area contributed by atoms with Gasteiger partial charge in [0.15, 0.2) is 0 Å². The third-order valence-electron chi connectivity index (χ3n) is 2.27. The second-order valence-corrected chi connectivity index (χ2v) is 4.51. The van der Waals surface area contributed by atoms with Gasteiger partial charge in [0.05, 0.1) is 4.92 Å². The second kappa shape index (κ2) is 3.81. The van der Waals surface area contributed by atoms with E-state index < -0.39 is 16.4 Å². The molecular formula is C11H12N2O3. The van der Waals surface area contributed by atoms with Crippen molar-refractivity contribution in [2.24, 2.45) is 0 Å². The van der Waals surface area contributed by atoms with E-state index in [0.29, 0.717) is 5.56 Å². The van der Waals surface area contributed by atoms with Gasteiger partial charge in [-0.15, -0.1) is 0 Å². The van der Waals surface area contributed by atoms with E-state index in [1.807, 2.05) is 20.8 Å². The van der Waals surface area contributed by atoms with Crippen LogP contribution in [0, 0.1) is 21.4 Å². The molecule has 0 atom stereocenters. The maximum absolute atomic E-state index is 10.7. The van der Waals surface area contributed by atoms with Gasteiger partial charge in [-0.25, -0.2) is 0 Å². The van der Waals surface area contributed by atoms with Gasteiger partial charge in [-0.3, -0.25) is 10.1 Å². The van der Waals surface area contributed by atoms with Gasteiger partial charge in [-0.05, 0) is 17.0 Å². The molecule has 1 aromatic carbocycles. The molecule has 0 aliphatic rings. The monoisotopic (exact) mass is 220 g/mol. The van der Waals surface area contributed by atoms with Crippen LogP contribution in [0.2, 0.25) is 0 Å². The molecule has 0 fully saturated rings. The lowest BCUT2D eigenvalue weighted by Gasteiger charge is -2.19. The topological polar surface area (TPSA) is 87.2 Å². The van der Waals surface area contributed by atoms with Crippen molar-refractivity contribution in [2.75, 3.05) is 0 Å².